The van der Waals surface area contributed by atoms with Crippen LogP contribution in [0, 0.1) is 6.92 Å². The molecule has 0 bridgehead atoms. The van der Waals surface area contributed by atoms with Gasteiger partial charge in [0.15, 0.2) is 11.5 Å². The molecule has 0 fully saturated rings. The lowest BCUT2D eigenvalue weighted by Gasteiger charge is -2.22. The summed E-state index contributed by atoms with van der Waals surface area (Å²) in [5.74, 6) is -0.165. The van der Waals surface area contributed by atoms with E-state index in [0.29, 0.717) is 30.0 Å². The highest BCUT2D eigenvalue weighted by atomic mass is 16.5. The molecule has 0 aliphatic carbocycles. The summed E-state index contributed by atoms with van der Waals surface area (Å²) in [6.07, 6.45) is 2.42. The predicted molar refractivity (Wildman–Crippen MR) is 139 cm³/mol. The zero-order valence-corrected chi connectivity index (χ0v) is 21.2. The summed E-state index contributed by atoms with van der Waals surface area (Å²) in [4.78, 5) is 29.2. The molecular weight excluding hydrogens is 476 g/mol. The van der Waals surface area contributed by atoms with Crippen LogP contribution in [0.3, 0.4) is 0 Å². The predicted octanol–water partition coefficient (Wildman–Crippen LogP) is 4.04. The first kappa shape index (κ1) is 25.7. The number of benzene rings is 2. The Kier molecular flexibility index (Phi) is 7.71. The highest BCUT2D eigenvalue weighted by Gasteiger charge is 2.30. The van der Waals surface area contributed by atoms with Gasteiger partial charge in [-0.05, 0) is 31.0 Å². The summed E-state index contributed by atoms with van der Waals surface area (Å²) in [6.45, 7) is 1.96. The van der Waals surface area contributed by atoms with Crippen LogP contribution in [0.2, 0.25) is 0 Å². The molecule has 0 unspecified atom stereocenters. The Morgan fingerprint density at radius 3 is 2.54 bits per heavy atom. The number of hydrogen-bond acceptors (Lipinski definition) is 7. The van der Waals surface area contributed by atoms with Crippen LogP contribution in [0.15, 0.2) is 57.9 Å². The van der Waals surface area contributed by atoms with Crippen molar-refractivity contribution in [3.05, 3.63) is 81.5 Å². The molecule has 2 heterocycles. The lowest BCUT2D eigenvalue weighted by molar-refractivity contribution is -0.121. The van der Waals surface area contributed by atoms with E-state index in [2.05, 4.69) is 10.3 Å². The molecule has 0 saturated heterocycles. The Morgan fingerprint density at radius 1 is 1.08 bits per heavy atom. The van der Waals surface area contributed by atoms with Gasteiger partial charge in [-0.25, -0.2) is 4.79 Å². The van der Waals surface area contributed by atoms with Gasteiger partial charge in [0, 0.05) is 47.6 Å². The van der Waals surface area contributed by atoms with E-state index in [1.165, 1.54) is 27.4 Å². The summed E-state index contributed by atoms with van der Waals surface area (Å²) in [5, 5.41) is 14.8. The van der Waals surface area contributed by atoms with Crippen LogP contribution < -0.4 is 25.2 Å². The molecule has 194 valence electrons. The highest BCUT2D eigenvalue weighted by molar-refractivity contribution is 5.83. The maximum absolute atomic E-state index is 13.1. The molecule has 4 rings (SSSR count). The second-order valence-corrected chi connectivity index (χ2v) is 8.58. The van der Waals surface area contributed by atoms with Crippen LogP contribution >= 0.6 is 0 Å². The normalized spacial score (nSPS) is 11.8. The Bertz CT molecular complexity index is 1470. The van der Waals surface area contributed by atoms with E-state index in [0.717, 1.165) is 16.5 Å². The zero-order valence-electron chi connectivity index (χ0n) is 21.2. The van der Waals surface area contributed by atoms with Crippen LogP contribution in [0.4, 0.5) is 0 Å². The molecule has 1 amide bonds. The van der Waals surface area contributed by atoms with Crippen molar-refractivity contribution < 1.29 is 28.5 Å². The van der Waals surface area contributed by atoms with Gasteiger partial charge < -0.3 is 34.0 Å². The van der Waals surface area contributed by atoms with E-state index < -0.39 is 11.5 Å². The number of carbonyl (C=O) groups excluding carboxylic acids is 1. The number of ether oxygens (including phenoxy) is 3. The van der Waals surface area contributed by atoms with Gasteiger partial charge in [0.2, 0.25) is 11.7 Å². The number of rotatable bonds is 10. The van der Waals surface area contributed by atoms with Gasteiger partial charge in [-0.3, -0.25) is 4.79 Å². The molecule has 9 heteroatoms. The molecule has 1 atom stereocenters. The first-order chi connectivity index (χ1) is 17.9. The third kappa shape index (κ3) is 5.25. The number of aryl methyl sites for hydroxylation is 1. The fraction of sp³-hybridized carbons (Fsp3) is 0.286. The summed E-state index contributed by atoms with van der Waals surface area (Å²) >= 11 is 0. The minimum atomic E-state index is -0.875. The molecule has 0 aliphatic rings. The highest BCUT2D eigenvalue weighted by Crippen LogP contribution is 2.45. The number of fused-ring (bicyclic) bond motifs is 1. The summed E-state index contributed by atoms with van der Waals surface area (Å²) in [7, 11) is 4.42. The molecular formula is C28H30N2O7. The average molecular weight is 507 g/mol. The maximum Gasteiger partial charge on any atom is 0.343 e. The number of amides is 1. The number of aromatic nitrogens is 1. The second-order valence-electron chi connectivity index (χ2n) is 8.58. The molecule has 2 aromatic heterocycles. The fourth-order valence-electron chi connectivity index (χ4n) is 4.63. The molecule has 2 aromatic carbocycles. The van der Waals surface area contributed by atoms with E-state index >= 15 is 0 Å². The number of aromatic hydroxyl groups is 1. The topological polar surface area (TPSA) is 123 Å². The quantitative estimate of drug-likeness (QED) is 0.297. The van der Waals surface area contributed by atoms with Crippen molar-refractivity contribution in [3.63, 3.8) is 0 Å². The monoisotopic (exact) mass is 506 g/mol. The largest absolute Gasteiger partial charge is 0.507 e. The number of nitrogens with one attached hydrogen (secondary N) is 2. The van der Waals surface area contributed by atoms with Gasteiger partial charge in [-0.1, -0.05) is 24.3 Å². The van der Waals surface area contributed by atoms with E-state index in [-0.39, 0.29) is 35.2 Å². The molecule has 0 saturated carbocycles. The number of aromatic amines is 1. The smallest absolute Gasteiger partial charge is 0.343 e. The maximum atomic E-state index is 13.1. The Hall–Kier alpha value is -4.40. The van der Waals surface area contributed by atoms with Gasteiger partial charge in [0.1, 0.15) is 11.5 Å². The van der Waals surface area contributed by atoms with Gasteiger partial charge in [0.25, 0.3) is 0 Å². The zero-order chi connectivity index (χ0) is 26.5. The van der Waals surface area contributed by atoms with Crippen molar-refractivity contribution in [3.8, 4) is 23.0 Å². The molecule has 37 heavy (non-hydrogen) atoms. The van der Waals surface area contributed by atoms with Crippen LogP contribution in [0.25, 0.3) is 10.9 Å². The van der Waals surface area contributed by atoms with E-state index in [1.807, 2.05) is 30.5 Å². The van der Waals surface area contributed by atoms with E-state index in [9.17, 15) is 14.7 Å². The van der Waals surface area contributed by atoms with Crippen molar-refractivity contribution in [2.45, 2.75) is 25.7 Å². The molecule has 0 radical (unpaired) electrons. The van der Waals surface area contributed by atoms with Crippen molar-refractivity contribution in [1.82, 2.24) is 10.3 Å². The molecule has 0 spiro atoms. The van der Waals surface area contributed by atoms with Crippen LogP contribution in [0.1, 0.15) is 34.8 Å². The second kappa shape index (κ2) is 11.1. The molecule has 0 aliphatic heterocycles. The molecule has 4 aromatic rings. The van der Waals surface area contributed by atoms with Gasteiger partial charge in [-0.2, -0.15) is 0 Å². The van der Waals surface area contributed by atoms with Crippen LogP contribution in [-0.4, -0.2) is 43.9 Å². The summed E-state index contributed by atoms with van der Waals surface area (Å²) in [5.41, 5.74) is 1.82. The van der Waals surface area contributed by atoms with E-state index in [4.69, 9.17) is 18.6 Å². The number of methoxy groups -OCH3 is 3. The van der Waals surface area contributed by atoms with Crippen molar-refractivity contribution in [2.75, 3.05) is 27.9 Å². The minimum Gasteiger partial charge on any atom is -0.507 e. The van der Waals surface area contributed by atoms with Gasteiger partial charge >= 0.3 is 5.63 Å². The lowest BCUT2D eigenvalue weighted by Crippen LogP contribution is -2.29. The summed E-state index contributed by atoms with van der Waals surface area (Å²) in [6, 6.07) is 12.7. The molecule has 3 N–H and O–H groups in total. The molecule has 9 nitrogen and oxygen atoms in total. The lowest BCUT2D eigenvalue weighted by atomic mass is 9.87. The fourth-order valence-corrected chi connectivity index (χ4v) is 4.63. The van der Waals surface area contributed by atoms with Crippen LogP contribution in [0.5, 0.6) is 23.0 Å². The SMILES string of the molecule is COc1ccc([C@@H](CC(=O)NCCc2c[nH]c3ccccc23)c2c(O)cc(C)oc2=O)c(OC)c1OC. The van der Waals surface area contributed by atoms with Crippen LogP contribution in [-0.2, 0) is 11.2 Å². The first-order valence-corrected chi connectivity index (χ1v) is 11.8. The summed E-state index contributed by atoms with van der Waals surface area (Å²) < 4.78 is 21.7. The number of para-hydroxylation sites is 1. The number of hydrogen-bond donors (Lipinski definition) is 3. The Morgan fingerprint density at radius 2 is 1.84 bits per heavy atom. The number of carbonyl (C=O) groups is 1. The van der Waals surface area contributed by atoms with Gasteiger partial charge in [0.05, 0.1) is 26.9 Å². The Balaban J connectivity index is 1.64. The minimum absolute atomic E-state index is 0.0390. The van der Waals surface area contributed by atoms with Gasteiger partial charge in [-0.15, -0.1) is 0 Å². The standard InChI is InChI=1S/C28H30N2O7/c1-16-13-22(31)25(28(33)37-16)20(19-9-10-23(34-2)27(36-4)26(19)35-3)14-24(32)29-12-11-17-15-30-21-8-6-5-7-18(17)21/h5-10,13,15,20,30-31H,11-12,14H2,1-4H3,(H,29,32)/t20-/m1/s1. The Labute approximate surface area is 214 Å². The third-order valence-electron chi connectivity index (χ3n) is 6.33. The van der Waals surface area contributed by atoms with Crippen molar-refractivity contribution in [1.29, 1.82) is 0 Å². The van der Waals surface area contributed by atoms with Crippen molar-refractivity contribution >= 4 is 16.8 Å². The number of H-pyrrole nitrogens is 1. The van der Waals surface area contributed by atoms with Crippen molar-refractivity contribution in [2.24, 2.45) is 0 Å². The van der Waals surface area contributed by atoms with E-state index in [1.54, 1.807) is 19.1 Å². The average Bonchev–Trinajstić information content (AvgIpc) is 3.29. The first-order valence-electron chi connectivity index (χ1n) is 11.8. The third-order valence-corrected chi connectivity index (χ3v) is 6.33.